The molecule has 4 aromatic rings. The second-order valence-corrected chi connectivity index (χ2v) is 18.9. The van der Waals surface area contributed by atoms with Crippen LogP contribution in [0.25, 0.3) is 21.5 Å². The van der Waals surface area contributed by atoms with Gasteiger partial charge in [0.15, 0.2) is 12.3 Å². The molecule has 2 aliphatic rings. The fraction of sp³-hybridized carbons (Fsp3) is 0.357. The minimum Gasteiger partial charge on any atom is -0.748 e. The molecule has 0 aliphatic carbocycles. The van der Waals surface area contributed by atoms with E-state index in [-0.39, 0.29) is 12.8 Å². The van der Waals surface area contributed by atoms with E-state index in [0.29, 0.717) is 13.1 Å². The van der Waals surface area contributed by atoms with Gasteiger partial charge in [0.2, 0.25) is 5.69 Å². The topological polar surface area (TPSA) is 121 Å². The molecule has 0 saturated carbocycles. The second kappa shape index (κ2) is 13.7. The van der Waals surface area contributed by atoms with Crippen molar-refractivity contribution in [3.05, 3.63) is 119 Å². The molecule has 0 N–H and O–H groups in total. The predicted molar refractivity (Wildman–Crippen MR) is 210 cm³/mol. The smallest absolute Gasteiger partial charge is 0.210 e. The number of allylic oxidation sites excluding steroid dienone is 6. The average Bonchev–Trinajstić information content (AvgIpc) is 3.44. The van der Waals surface area contributed by atoms with Crippen molar-refractivity contribution in [1.29, 1.82) is 0 Å². The summed E-state index contributed by atoms with van der Waals surface area (Å²) in [5.41, 5.74) is 6.47. The molecule has 0 fully saturated rings. The molecular formula is C42H47N2O6S2-. The molecule has 0 radical (unpaired) electrons. The number of nitrogens with zero attached hydrogens (tertiary/aromatic N) is 2. The number of benzene rings is 4. The molecule has 2 unspecified atom stereocenters. The molecule has 0 saturated heterocycles. The van der Waals surface area contributed by atoms with Crippen molar-refractivity contribution in [3.8, 4) is 0 Å². The van der Waals surface area contributed by atoms with Crippen molar-refractivity contribution in [1.82, 2.24) is 0 Å². The molecular weight excluding hydrogens is 693 g/mol. The quantitative estimate of drug-likeness (QED) is 0.0864. The first kappa shape index (κ1) is 37.7. The van der Waals surface area contributed by atoms with Crippen LogP contribution in [-0.4, -0.2) is 59.8 Å². The number of anilines is 1. The highest BCUT2D eigenvalue weighted by atomic mass is 32.2. The minimum absolute atomic E-state index is 0.193. The minimum atomic E-state index is -4.43. The lowest BCUT2D eigenvalue weighted by molar-refractivity contribution is -0.438. The molecule has 2 aliphatic heterocycles. The molecule has 4 aromatic carbocycles. The van der Waals surface area contributed by atoms with Crippen molar-refractivity contribution in [3.63, 3.8) is 0 Å². The van der Waals surface area contributed by atoms with Gasteiger partial charge in [0.1, 0.15) is 0 Å². The Bertz CT molecular complexity index is 2420. The lowest BCUT2D eigenvalue weighted by atomic mass is 9.79. The molecule has 10 heteroatoms. The molecule has 52 heavy (non-hydrogen) atoms. The third-order valence-electron chi connectivity index (χ3n) is 11.0. The van der Waals surface area contributed by atoms with Gasteiger partial charge in [0.25, 0.3) is 0 Å². The summed E-state index contributed by atoms with van der Waals surface area (Å²) in [5.74, 6) is 0. The number of hydrogen-bond acceptors (Lipinski definition) is 7. The summed E-state index contributed by atoms with van der Waals surface area (Å²) >= 11 is 0. The van der Waals surface area contributed by atoms with Gasteiger partial charge in [-0.25, -0.2) is 16.8 Å². The Labute approximate surface area is 308 Å². The predicted octanol–water partition coefficient (Wildman–Crippen LogP) is 8.20. The van der Waals surface area contributed by atoms with E-state index >= 15 is 0 Å². The zero-order valence-electron chi connectivity index (χ0n) is 30.9. The standard InChI is InChI=1S/C42H48N2O6S2/c1-28(16-22-37-41(4,5)39-33-14-10-8-12-31(33)18-20-35(39)43(37)26-24-29(2)51(45,46)47)17-23-38-42(6,7)40-34-15-11-9-13-32(34)19-21-36(40)44(38)27-25-30(3)52(48,49)50/h8-23,29-30H,24-27H2,1-7H3,(H-,45,46,47,48,49,50)/p-1. The van der Waals surface area contributed by atoms with Crippen molar-refractivity contribution in [2.75, 3.05) is 18.0 Å². The van der Waals surface area contributed by atoms with Crippen molar-refractivity contribution < 1.29 is 30.5 Å². The lowest BCUT2D eigenvalue weighted by Gasteiger charge is -2.28. The van der Waals surface area contributed by atoms with E-state index in [4.69, 9.17) is 0 Å². The van der Waals surface area contributed by atoms with E-state index in [0.717, 1.165) is 61.0 Å². The van der Waals surface area contributed by atoms with Gasteiger partial charge in [0, 0.05) is 52.7 Å². The zero-order valence-corrected chi connectivity index (χ0v) is 32.5. The Kier molecular flexibility index (Phi) is 9.93. The summed E-state index contributed by atoms with van der Waals surface area (Å²) in [7, 11) is -8.85. The highest BCUT2D eigenvalue weighted by Crippen LogP contribution is 2.51. The Hall–Kier alpha value is -4.09. The van der Waals surface area contributed by atoms with Gasteiger partial charge >= 0.3 is 0 Å². The highest BCUT2D eigenvalue weighted by molar-refractivity contribution is 7.86. The van der Waals surface area contributed by atoms with Crippen LogP contribution >= 0.6 is 0 Å². The Balaban J connectivity index is 1.40. The summed E-state index contributed by atoms with van der Waals surface area (Å²) in [5, 5.41) is 2.47. The van der Waals surface area contributed by atoms with Gasteiger partial charge < -0.3 is 14.0 Å². The third kappa shape index (κ3) is 6.89. The van der Waals surface area contributed by atoms with E-state index in [9.17, 15) is 25.9 Å². The molecule has 2 atom stereocenters. The summed E-state index contributed by atoms with van der Waals surface area (Å²) < 4.78 is 73.2. The Morgan fingerprint density at radius 2 is 1.33 bits per heavy atom. The van der Waals surface area contributed by atoms with Crippen LogP contribution in [0.15, 0.2) is 108 Å². The van der Waals surface area contributed by atoms with Gasteiger partial charge in [0.05, 0.1) is 30.9 Å². The maximum Gasteiger partial charge on any atom is 0.210 e. The van der Waals surface area contributed by atoms with Crippen molar-refractivity contribution in [2.45, 2.75) is 82.6 Å². The molecule has 0 aromatic heterocycles. The summed E-state index contributed by atoms with van der Waals surface area (Å²) in [6.45, 7) is 14.4. The maximum atomic E-state index is 11.8. The second-order valence-electron chi connectivity index (χ2n) is 15.3. The molecule has 274 valence electrons. The molecule has 0 amide bonds. The molecule has 2 heterocycles. The van der Waals surface area contributed by atoms with Gasteiger partial charge in [-0.1, -0.05) is 86.2 Å². The van der Waals surface area contributed by atoms with Gasteiger partial charge in [-0.05, 0) is 86.4 Å². The number of hydrogen-bond donors (Lipinski definition) is 0. The molecule has 0 bridgehead atoms. The number of rotatable bonds is 11. The van der Waals surface area contributed by atoms with Crippen LogP contribution in [-0.2, 0) is 31.1 Å². The van der Waals surface area contributed by atoms with E-state index in [1.54, 1.807) is 0 Å². The van der Waals surface area contributed by atoms with Crippen LogP contribution in [0.4, 0.5) is 11.4 Å². The first-order valence-electron chi connectivity index (χ1n) is 17.8. The van der Waals surface area contributed by atoms with E-state index in [2.05, 4.69) is 110 Å². The zero-order chi connectivity index (χ0) is 37.8. The maximum absolute atomic E-state index is 11.8. The van der Waals surface area contributed by atoms with Gasteiger partial charge in [-0.2, -0.15) is 4.58 Å². The van der Waals surface area contributed by atoms with Crippen molar-refractivity contribution in [2.24, 2.45) is 0 Å². The lowest BCUT2D eigenvalue weighted by Crippen LogP contribution is -2.30. The Morgan fingerprint density at radius 3 is 1.94 bits per heavy atom. The first-order valence-corrected chi connectivity index (χ1v) is 20.7. The number of fused-ring (bicyclic) bond motifs is 6. The molecule has 0 spiro atoms. The van der Waals surface area contributed by atoms with Gasteiger partial charge in [-0.15, -0.1) is 0 Å². The fourth-order valence-electron chi connectivity index (χ4n) is 7.94. The van der Waals surface area contributed by atoms with Crippen LogP contribution in [0.2, 0.25) is 0 Å². The van der Waals surface area contributed by atoms with E-state index in [1.165, 1.54) is 13.8 Å². The Morgan fingerprint density at radius 1 is 0.769 bits per heavy atom. The van der Waals surface area contributed by atoms with Crippen molar-refractivity contribution >= 4 is 58.9 Å². The van der Waals surface area contributed by atoms with Gasteiger partial charge in [-0.3, -0.25) is 0 Å². The normalized spacial score (nSPS) is 19.2. The van der Waals surface area contributed by atoms with Crippen LogP contribution in [0.3, 0.4) is 0 Å². The third-order valence-corrected chi connectivity index (χ3v) is 13.5. The largest absolute Gasteiger partial charge is 0.748 e. The first-order chi connectivity index (χ1) is 24.3. The van der Waals surface area contributed by atoms with E-state index in [1.807, 2.05) is 31.2 Å². The SMILES string of the molecule is CC(C=CC1=[N+](CCC(C)S(=O)(=O)[O-])c2ccc3ccccc3c2C1(C)C)=CC=C1N(CCC(C)S(=O)(=O)[O-])c2ccc3ccccc3c2C1(C)C. The monoisotopic (exact) mass is 739 g/mol. The fourth-order valence-corrected chi connectivity index (χ4v) is 8.73. The summed E-state index contributed by atoms with van der Waals surface area (Å²) in [6, 6.07) is 24.8. The molecule has 6 rings (SSSR count). The molecule has 8 nitrogen and oxygen atoms in total. The van der Waals surface area contributed by atoms with E-state index < -0.39 is 41.6 Å². The van der Waals surface area contributed by atoms with Crippen LogP contribution in [0.1, 0.15) is 72.4 Å². The average molecular weight is 740 g/mol. The highest BCUT2D eigenvalue weighted by Gasteiger charge is 2.46. The van der Waals surface area contributed by atoms with Crippen LogP contribution in [0, 0.1) is 0 Å². The summed E-state index contributed by atoms with van der Waals surface area (Å²) in [6.07, 6.45) is 8.69. The summed E-state index contributed by atoms with van der Waals surface area (Å²) in [4.78, 5) is 2.15. The van der Waals surface area contributed by atoms with Crippen LogP contribution in [0.5, 0.6) is 0 Å². The van der Waals surface area contributed by atoms with Crippen LogP contribution < -0.4 is 4.90 Å².